The van der Waals surface area contributed by atoms with Gasteiger partial charge in [0.05, 0.1) is 34.9 Å². The molecule has 0 aliphatic carbocycles. The van der Waals surface area contributed by atoms with E-state index in [4.69, 9.17) is 4.74 Å². The topological polar surface area (TPSA) is 96.8 Å². The summed E-state index contributed by atoms with van der Waals surface area (Å²) in [5, 5.41) is 10.1. The number of hydrogen-bond donors (Lipinski definition) is 1. The summed E-state index contributed by atoms with van der Waals surface area (Å²) in [5.41, 5.74) is 3.88. The molecule has 0 unspecified atom stereocenters. The lowest BCUT2D eigenvalue weighted by molar-refractivity contribution is 0.0699. The van der Waals surface area contributed by atoms with E-state index in [1.165, 1.54) is 22.5 Å². The second-order valence-corrected chi connectivity index (χ2v) is 9.31. The summed E-state index contributed by atoms with van der Waals surface area (Å²) in [5.74, 6) is -1.13. The smallest absolute Gasteiger partial charge is 0.336 e. The van der Waals surface area contributed by atoms with Crippen LogP contribution in [0.15, 0.2) is 47.4 Å². The molecule has 2 aromatic carbocycles. The Morgan fingerprint density at radius 1 is 1.07 bits per heavy atom. The zero-order valence-corrected chi connectivity index (χ0v) is 17.6. The predicted octanol–water partition coefficient (Wildman–Crippen LogP) is 3.24. The van der Waals surface area contributed by atoms with Gasteiger partial charge in [-0.25, -0.2) is 18.2 Å². The Hall–Kier alpha value is -2.81. The highest BCUT2D eigenvalue weighted by Gasteiger charge is 2.27. The van der Waals surface area contributed by atoms with Crippen molar-refractivity contribution in [3.8, 4) is 11.3 Å². The van der Waals surface area contributed by atoms with Crippen LogP contribution in [0.5, 0.6) is 0 Å². The van der Waals surface area contributed by atoms with Gasteiger partial charge in [0.1, 0.15) is 0 Å². The molecule has 1 aliphatic heterocycles. The molecule has 30 heavy (non-hydrogen) atoms. The van der Waals surface area contributed by atoms with Gasteiger partial charge in [0.2, 0.25) is 10.0 Å². The van der Waals surface area contributed by atoms with E-state index in [0.29, 0.717) is 29.8 Å². The van der Waals surface area contributed by atoms with E-state index < -0.39 is 16.0 Å². The first-order valence-corrected chi connectivity index (χ1v) is 11.0. The number of pyridine rings is 1. The average molecular weight is 426 g/mol. The second kappa shape index (κ2) is 7.79. The highest BCUT2D eigenvalue weighted by Crippen LogP contribution is 2.30. The summed E-state index contributed by atoms with van der Waals surface area (Å²) in [4.78, 5) is 16.7. The third kappa shape index (κ3) is 3.69. The average Bonchev–Trinajstić information content (AvgIpc) is 2.74. The molecule has 1 saturated heterocycles. The number of hydrogen-bond acceptors (Lipinski definition) is 5. The highest BCUT2D eigenvalue weighted by atomic mass is 32.2. The number of rotatable bonds is 4. The lowest BCUT2D eigenvalue weighted by atomic mass is 9.99. The molecule has 4 rings (SSSR count). The first kappa shape index (κ1) is 20.5. The van der Waals surface area contributed by atoms with Gasteiger partial charge in [0, 0.05) is 24.0 Å². The largest absolute Gasteiger partial charge is 0.478 e. The van der Waals surface area contributed by atoms with Gasteiger partial charge in [-0.2, -0.15) is 4.31 Å². The fourth-order valence-electron chi connectivity index (χ4n) is 3.63. The van der Waals surface area contributed by atoms with Crippen LogP contribution in [0, 0.1) is 13.8 Å². The number of nitrogens with zero attached hydrogens (tertiary/aromatic N) is 2. The molecule has 2 heterocycles. The molecule has 3 aromatic rings. The van der Waals surface area contributed by atoms with Gasteiger partial charge < -0.3 is 9.84 Å². The summed E-state index contributed by atoms with van der Waals surface area (Å²) in [6.07, 6.45) is 0. The van der Waals surface area contributed by atoms with Gasteiger partial charge >= 0.3 is 5.97 Å². The molecule has 0 spiro atoms. The maximum Gasteiger partial charge on any atom is 0.336 e. The highest BCUT2D eigenvalue weighted by molar-refractivity contribution is 7.89. The SMILES string of the molecule is Cc1ccc(C)c(-c2cc(C(=O)O)c3cc(S(=O)(=O)N4CCOCC4)ccc3n2)c1. The third-order valence-electron chi connectivity index (χ3n) is 5.29. The number of carboxylic acids is 1. The van der Waals surface area contributed by atoms with Crippen LogP contribution in [0.25, 0.3) is 22.2 Å². The summed E-state index contributed by atoms with van der Waals surface area (Å²) in [6.45, 7) is 5.14. The Morgan fingerprint density at radius 2 is 1.80 bits per heavy atom. The molecular weight excluding hydrogens is 404 g/mol. The van der Waals surface area contributed by atoms with Crippen LogP contribution < -0.4 is 0 Å². The fraction of sp³-hybridized carbons (Fsp3) is 0.273. The van der Waals surface area contributed by atoms with Crippen molar-refractivity contribution in [3.05, 3.63) is 59.2 Å². The van der Waals surface area contributed by atoms with Gasteiger partial charge in [-0.15, -0.1) is 0 Å². The van der Waals surface area contributed by atoms with Crippen molar-refractivity contribution < 1.29 is 23.1 Å². The normalized spacial score (nSPS) is 15.4. The molecule has 0 saturated carbocycles. The van der Waals surface area contributed by atoms with Crippen molar-refractivity contribution in [3.63, 3.8) is 0 Å². The van der Waals surface area contributed by atoms with Crippen molar-refractivity contribution in [1.82, 2.24) is 9.29 Å². The second-order valence-electron chi connectivity index (χ2n) is 7.37. The molecule has 8 heteroatoms. The minimum absolute atomic E-state index is 0.0231. The van der Waals surface area contributed by atoms with Crippen LogP contribution >= 0.6 is 0 Å². The predicted molar refractivity (Wildman–Crippen MR) is 113 cm³/mol. The van der Waals surface area contributed by atoms with E-state index in [0.717, 1.165) is 16.7 Å². The van der Waals surface area contributed by atoms with Gasteiger partial charge in [0.15, 0.2) is 0 Å². The fourth-order valence-corrected chi connectivity index (χ4v) is 5.06. The summed E-state index contributed by atoms with van der Waals surface area (Å²) in [7, 11) is -3.74. The van der Waals surface area contributed by atoms with Crippen molar-refractivity contribution >= 4 is 26.9 Å². The summed E-state index contributed by atoms with van der Waals surface area (Å²) < 4.78 is 32.6. The van der Waals surface area contributed by atoms with Crippen LogP contribution in [0.2, 0.25) is 0 Å². The monoisotopic (exact) mass is 426 g/mol. The lowest BCUT2D eigenvalue weighted by Gasteiger charge is -2.26. The van der Waals surface area contributed by atoms with E-state index in [1.807, 2.05) is 32.0 Å². The maximum absolute atomic E-state index is 13.0. The number of carbonyl (C=O) groups is 1. The lowest BCUT2D eigenvalue weighted by Crippen LogP contribution is -2.40. The van der Waals surface area contributed by atoms with Crippen LogP contribution in [-0.4, -0.2) is 55.1 Å². The zero-order chi connectivity index (χ0) is 21.5. The summed E-state index contributed by atoms with van der Waals surface area (Å²) in [6, 6.07) is 11.9. The molecule has 1 N–H and O–H groups in total. The Labute approximate surface area is 175 Å². The van der Waals surface area contributed by atoms with Crippen LogP contribution in [0.1, 0.15) is 21.5 Å². The molecule has 7 nitrogen and oxygen atoms in total. The van der Waals surface area contributed by atoms with E-state index in [2.05, 4.69) is 4.98 Å². The maximum atomic E-state index is 13.0. The van der Waals surface area contributed by atoms with Crippen LogP contribution in [0.3, 0.4) is 0 Å². The van der Waals surface area contributed by atoms with E-state index in [1.54, 1.807) is 6.07 Å². The standard InChI is InChI=1S/C22H22N2O5S/c1-14-3-4-15(2)17(11-14)21-13-19(22(25)26)18-12-16(5-6-20(18)23-21)30(27,28)24-7-9-29-10-8-24/h3-6,11-13H,7-10H2,1-2H3,(H,25,26). The summed E-state index contributed by atoms with van der Waals surface area (Å²) >= 11 is 0. The van der Waals surface area contributed by atoms with Crippen LogP contribution in [0.4, 0.5) is 0 Å². The number of aromatic carboxylic acids is 1. The Balaban J connectivity index is 1.88. The molecule has 0 atom stereocenters. The third-order valence-corrected chi connectivity index (χ3v) is 7.18. The number of ether oxygens (including phenoxy) is 1. The minimum atomic E-state index is -3.74. The van der Waals surface area contributed by atoms with Crippen molar-refractivity contribution in [2.45, 2.75) is 18.7 Å². The molecule has 0 amide bonds. The van der Waals surface area contributed by atoms with Gasteiger partial charge in [-0.3, -0.25) is 0 Å². The Bertz CT molecular complexity index is 1250. The van der Waals surface area contributed by atoms with Crippen molar-refractivity contribution in [2.75, 3.05) is 26.3 Å². The molecule has 156 valence electrons. The number of aryl methyl sites for hydroxylation is 2. The van der Waals surface area contributed by atoms with Gasteiger partial charge in [0.25, 0.3) is 0 Å². The molecule has 0 bridgehead atoms. The van der Waals surface area contributed by atoms with Gasteiger partial charge in [-0.1, -0.05) is 17.7 Å². The van der Waals surface area contributed by atoms with Crippen molar-refractivity contribution in [2.24, 2.45) is 0 Å². The number of carboxylic acid groups (broad SMARTS) is 1. The molecule has 1 fully saturated rings. The minimum Gasteiger partial charge on any atom is -0.478 e. The Morgan fingerprint density at radius 3 is 2.50 bits per heavy atom. The number of fused-ring (bicyclic) bond motifs is 1. The Kier molecular flexibility index (Phi) is 5.31. The number of morpholine rings is 1. The first-order valence-electron chi connectivity index (χ1n) is 9.61. The van der Waals surface area contributed by atoms with E-state index >= 15 is 0 Å². The van der Waals surface area contributed by atoms with Crippen molar-refractivity contribution in [1.29, 1.82) is 0 Å². The zero-order valence-electron chi connectivity index (χ0n) is 16.8. The van der Waals surface area contributed by atoms with Gasteiger partial charge in [-0.05, 0) is 49.7 Å². The molecular formula is C22H22N2O5S. The first-order chi connectivity index (χ1) is 14.3. The number of sulfonamides is 1. The van der Waals surface area contributed by atoms with Crippen LogP contribution in [-0.2, 0) is 14.8 Å². The molecule has 0 radical (unpaired) electrons. The quantitative estimate of drug-likeness (QED) is 0.688. The van der Waals surface area contributed by atoms with E-state index in [-0.39, 0.29) is 23.5 Å². The number of benzene rings is 2. The molecule has 1 aromatic heterocycles. The van der Waals surface area contributed by atoms with E-state index in [9.17, 15) is 18.3 Å². The number of aromatic nitrogens is 1. The molecule has 1 aliphatic rings.